The number of benzene rings is 1. The van der Waals surface area contributed by atoms with E-state index in [-0.39, 0.29) is 30.8 Å². The monoisotopic (exact) mass is 320 g/mol. The number of fused-ring (bicyclic) bond motifs is 1. The van der Waals surface area contributed by atoms with Gasteiger partial charge >= 0.3 is 0 Å². The Balaban J connectivity index is 0.00000200. The van der Waals surface area contributed by atoms with E-state index < -0.39 is 10.0 Å². The largest absolute Gasteiger partial charge is 0.384 e. The van der Waals surface area contributed by atoms with Gasteiger partial charge in [0, 0.05) is 19.7 Å². The molecule has 0 saturated carbocycles. The molecule has 7 heteroatoms. The minimum Gasteiger partial charge on any atom is -0.384 e. The molecule has 1 atom stereocenters. The van der Waals surface area contributed by atoms with Gasteiger partial charge < -0.3 is 10.1 Å². The number of rotatable bonds is 6. The van der Waals surface area contributed by atoms with E-state index in [4.69, 9.17) is 4.74 Å². The van der Waals surface area contributed by atoms with Crippen LogP contribution in [0.15, 0.2) is 24.3 Å². The van der Waals surface area contributed by atoms with Gasteiger partial charge in [0.1, 0.15) is 0 Å². The van der Waals surface area contributed by atoms with Gasteiger partial charge in [-0.05, 0) is 24.1 Å². The first-order valence-corrected chi connectivity index (χ1v) is 8.05. The minimum absolute atomic E-state index is 0. The van der Waals surface area contributed by atoms with Crippen LogP contribution in [0.1, 0.15) is 17.2 Å². The Bertz CT molecular complexity index is 522. The van der Waals surface area contributed by atoms with Gasteiger partial charge in [-0.25, -0.2) is 13.1 Å². The van der Waals surface area contributed by atoms with Crippen LogP contribution >= 0.6 is 12.4 Å². The molecule has 20 heavy (non-hydrogen) atoms. The average Bonchev–Trinajstić information content (AvgIpc) is 2.43. The third-order valence-electron chi connectivity index (χ3n) is 3.28. The van der Waals surface area contributed by atoms with Crippen molar-refractivity contribution in [2.45, 2.75) is 12.5 Å². The van der Waals surface area contributed by atoms with Gasteiger partial charge in [-0.2, -0.15) is 0 Å². The van der Waals surface area contributed by atoms with Crippen LogP contribution in [0.4, 0.5) is 0 Å². The lowest BCUT2D eigenvalue weighted by Crippen LogP contribution is -2.39. The summed E-state index contributed by atoms with van der Waals surface area (Å²) >= 11 is 0. The normalized spacial score (nSPS) is 18.1. The highest BCUT2D eigenvalue weighted by molar-refractivity contribution is 7.89. The molecular formula is C13H21ClN2O3S. The van der Waals surface area contributed by atoms with Crippen molar-refractivity contribution in [3.05, 3.63) is 35.4 Å². The smallest absolute Gasteiger partial charge is 0.213 e. The Morgan fingerprint density at radius 2 is 2.15 bits per heavy atom. The van der Waals surface area contributed by atoms with Gasteiger partial charge in [-0.15, -0.1) is 12.4 Å². The molecule has 1 aliphatic heterocycles. The van der Waals surface area contributed by atoms with E-state index >= 15 is 0 Å². The number of methoxy groups -OCH3 is 1. The fourth-order valence-corrected chi connectivity index (χ4v) is 3.20. The quantitative estimate of drug-likeness (QED) is 0.816. The Kier molecular flexibility index (Phi) is 6.91. The third kappa shape index (κ3) is 4.71. The summed E-state index contributed by atoms with van der Waals surface area (Å²) in [6, 6.07) is 8.20. The maximum Gasteiger partial charge on any atom is 0.213 e. The summed E-state index contributed by atoms with van der Waals surface area (Å²) in [6.45, 7) is 1.47. The topological polar surface area (TPSA) is 67.4 Å². The first kappa shape index (κ1) is 17.4. The summed E-state index contributed by atoms with van der Waals surface area (Å²) in [4.78, 5) is 0. The molecular weight excluding hydrogens is 300 g/mol. The summed E-state index contributed by atoms with van der Waals surface area (Å²) in [7, 11) is -1.77. The van der Waals surface area contributed by atoms with Crippen molar-refractivity contribution in [3.8, 4) is 0 Å². The Hall–Kier alpha value is -0.660. The maximum absolute atomic E-state index is 11.7. The Labute approximate surface area is 126 Å². The molecule has 0 fully saturated rings. The summed E-state index contributed by atoms with van der Waals surface area (Å²) in [6.07, 6.45) is 0.989. The fraction of sp³-hybridized carbons (Fsp3) is 0.538. The molecule has 0 bridgehead atoms. The number of hydrogen-bond donors (Lipinski definition) is 2. The highest BCUT2D eigenvalue weighted by Crippen LogP contribution is 2.21. The van der Waals surface area contributed by atoms with Crippen LogP contribution in [0.25, 0.3) is 0 Å². The first-order chi connectivity index (χ1) is 9.12. The molecule has 2 rings (SSSR count). The molecule has 1 aliphatic rings. The van der Waals surface area contributed by atoms with E-state index in [0.717, 1.165) is 13.0 Å². The SMILES string of the molecule is COCCS(=O)(=O)NCC1NCCc2ccccc21.Cl. The van der Waals surface area contributed by atoms with Crippen molar-refractivity contribution < 1.29 is 13.2 Å². The predicted octanol–water partition coefficient (Wildman–Crippen LogP) is 0.861. The van der Waals surface area contributed by atoms with Crippen molar-refractivity contribution in [1.29, 1.82) is 0 Å². The first-order valence-electron chi connectivity index (χ1n) is 6.40. The van der Waals surface area contributed by atoms with Crippen LogP contribution in [0.5, 0.6) is 0 Å². The van der Waals surface area contributed by atoms with Gasteiger partial charge in [-0.3, -0.25) is 0 Å². The lowest BCUT2D eigenvalue weighted by Gasteiger charge is -2.27. The highest BCUT2D eigenvalue weighted by Gasteiger charge is 2.20. The van der Waals surface area contributed by atoms with Crippen molar-refractivity contribution in [3.63, 3.8) is 0 Å². The maximum atomic E-state index is 11.7. The van der Waals surface area contributed by atoms with Crippen LogP contribution < -0.4 is 10.0 Å². The Morgan fingerprint density at radius 1 is 1.40 bits per heavy atom. The second-order valence-corrected chi connectivity index (χ2v) is 6.54. The van der Waals surface area contributed by atoms with E-state index in [1.807, 2.05) is 12.1 Å². The molecule has 114 valence electrons. The van der Waals surface area contributed by atoms with Crippen LogP contribution in [0.2, 0.25) is 0 Å². The molecule has 1 aromatic rings. The zero-order valence-corrected chi connectivity index (χ0v) is 13.1. The van der Waals surface area contributed by atoms with Crippen molar-refractivity contribution in [2.75, 3.05) is 32.6 Å². The molecule has 0 aliphatic carbocycles. The summed E-state index contributed by atoms with van der Waals surface area (Å²) in [5, 5.41) is 3.35. The summed E-state index contributed by atoms with van der Waals surface area (Å²) in [5.74, 6) is -0.00212. The van der Waals surface area contributed by atoms with Gasteiger partial charge in [0.2, 0.25) is 10.0 Å². The van der Waals surface area contributed by atoms with E-state index in [1.165, 1.54) is 18.2 Å². The molecule has 1 heterocycles. The predicted molar refractivity (Wildman–Crippen MR) is 81.8 cm³/mol. The van der Waals surface area contributed by atoms with Crippen molar-refractivity contribution in [1.82, 2.24) is 10.0 Å². The highest BCUT2D eigenvalue weighted by atomic mass is 35.5. The van der Waals surface area contributed by atoms with Gasteiger partial charge in [-0.1, -0.05) is 24.3 Å². The van der Waals surface area contributed by atoms with E-state index in [0.29, 0.717) is 6.54 Å². The number of ether oxygens (including phenoxy) is 1. The van der Waals surface area contributed by atoms with Crippen LogP contribution in [0.3, 0.4) is 0 Å². The number of sulfonamides is 1. The molecule has 0 radical (unpaired) electrons. The number of hydrogen-bond acceptors (Lipinski definition) is 4. The van der Waals surface area contributed by atoms with Crippen LogP contribution in [-0.4, -0.2) is 41.0 Å². The molecule has 0 saturated heterocycles. The average molecular weight is 321 g/mol. The van der Waals surface area contributed by atoms with E-state index in [9.17, 15) is 8.42 Å². The third-order valence-corrected chi connectivity index (χ3v) is 4.59. The molecule has 1 aromatic carbocycles. The van der Waals surface area contributed by atoms with Gasteiger partial charge in [0.15, 0.2) is 0 Å². The second kappa shape index (κ2) is 7.95. The number of nitrogens with one attached hydrogen (secondary N) is 2. The standard InChI is InChI=1S/C13H20N2O3S.ClH/c1-18-8-9-19(16,17)15-10-13-12-5-3-2-4-11(12)6-7-14-13;/h2-5,13-15H,6-10H2,1H3;1H. The van der Waals surface area contributed by atoms with E-state index in [1.54, 1.807) is 0 Å². The zero-order chi connectivity index (χ0) is 13.7. The van der Waals surface area contributed by atoms with Crippen molar-refractivity contribution >= 4 is 22.4 Å². The molecule has 5 nitrogen and oxygen atoms in total. The molecule has 0 spiro atoms. The van der Waals surface area contributed by atoms with Gasteiger partial charge in [0.25, 0.3) is 0 Å². The second-order valence-electron chi connectivity index (χ2n) is 4.62. The van der Waals surface area contributed by atoms with Crippen LogP contribution in [0, 0.1) is 0 Å². The molecule has 2 N–H and O–H groups in total. The molecule has 0 aromatic heterocycles. The van der Waals surface area contributed by atoms with E-state index in [2.05, 4.69) is 22.2 Å². The minimum atomic E-state index is -3.26. The summed E-state index contributed by atoms with van der Waals surface area (Å²) in [5.41, 5.74) is 2.48. The number of halogens is 1. The Morgan fingerprint density at radius 3 is 2.90 bits per heavy atom. The van der Waals surface area contributed by atoms with Crippen LogP contribution in [-0.2, 0) is 21.2 Å². The summed E-state index contributed by atoms with van der Waals surface area (Å²) < 4.78 is 30.9. The van der Waals surface area contributed by atoms with Crippen molar-refractivity contribution in [2.24, 2.45) is 0 Å². The fourth-order valence-electron chi connectivity index (χ4n) is 2.25. The molecule has 1 unspecified atom stereocenters. The lowest BCUT2D eigenvalue weighted by atomic mass is 9.95. The zero-order valence-electron chi connectivity index (χ0n) is 11.5. The van der Waals surface area contributed by atoms with Gasteiger partial charge in [0.05, 0.1) is 12.4 Å². The lowest BCUT2D eigenvalue weighted by molar-refractivity contribution is 0.217. The molecule has 0 amide bonds.